The Labute approximate surface area is 208 Å². The molecule has 2 aromatic carbocycles. The van der Waals surface area contributed by atoms with E-state index in [1.807, 2.05) is 0 Å². The molecule has 3 atom stereocenters. The van der Waals surface area contributed by atoms with Crippen LogP contribution in [0.3, 0.4) is 0 Å². The predicted molar refractivity (Wildman–Crippen MR) is 120 cm³/mol. The molecule has 0 bridgehead atoms. The van der Waals surface area contributed by atoms with E-state index in [1.54, 1.807) is 0 Å². The Morgan fingerprint density at radius 2 is 1.71 bits per heavy atom. The second-order valence-corrected chi connectivity index (χ2v) is 10.3. The number of benzene rings is 2. The van der Waals surface area contributed by atoms with Crippen molar-refractivity contribution in [1.29, 1.82) is 0 Å². The third-order valence-electron chi connectivity index (χ3n) is 5.21. The average molecular weight is 555 g/mol. The molecule has 35 heavy (non-hydrogen) atoms. The number of alkyl halides is 3. The topological polar surface area (TPSA) is 122 Å². The highest BCUT2D eigenvalue weighted by Gasteiger charge is 2.42. The summed E-state index contributed by atoms with van der Waals surface area (Å²) in [6.45, 7) is 0.476. The number of carboxylic acid groups (broad SMARTS) is 1. The summed E-state index contributed by atoms with van der Waals surface area (Å²) in [5.41, 5.74) is -0.0741. The summed E-state index contributed by atoms with van der Waals surface area (Å²) in [5, 5.41) is 12.8. The first-order chi connectivity index (χ1) is 16.3. The maximum Gasteiger partial charge on any atom is 0.573 e. The van der Waals surface area contributed by atoms with Crippen LogP contribution in [0.1, 0.15) is 24.4 Å². The number of aliphatic carboxylic acids is 1. The average Bonchev–Trinajstić information content (AvgIpc) is 3.26. The van der Waals surface area contributed by atoms with E-state index in [1.165, 1.54) is 6.07 Å². The zero-order chi connectivity index (χ0) is 26.0. The molecule has 0 amide bonds. The standard InChI is InChI=1S/C21H19Cl2F3N2O6S/c22-12-8-13(23)10-15(9-12)35(32,33)28-18(11-3-5-14(6-4-11)34-21(24,25)26)17(20(30)31)19(29)16-2-1-7-27-16/h3-6,8-10,16-18,27-28H,1-2,7H2,(H,30,31)/t16-,17-,18-/m0/s1. The van der Waals surface area contributed by atoms with Gasteiger partial charge >= 0.3 is 12.3 Å². The number of hydrogen-bond donors (Lipinski definition) is 3. The number of sulfonamides is 1. The highest BCUT2D eigenvalue weighted by Crippen LogP contribution is 2.32. The summed E-state index contributed by atoms with van der Waals surface area (Å²) < 4.78 is 69.8. The van der Waals surface area contributed by atoms with E-state index in [0.29, 0.717) is 19.4 Å². The number of halogens is 5. The van der Waals surface area contributed by atoms with Gasteiger partial charge in [0.15, 0.2) is 5.78 Å². The summed E-state index contributed by atoms with van der Waals surface area (Å²) in [4.78, 5) is 24.9. The third-order valence-corrected chi connectivity index (χ3v) is 7.07. The van der Waals surface area contributed by atoms with E-state index in [-0.39, 0.29) is 15.6 Å². The minimum Gasteiger partial charge on any atom is -0.481 e. The summed E-state index contributed by atoms with van der Waals surface area (Å²) in [7, 11) is -4.49. The Hall–Kier alpha value is -2.38. The molecule has 190 valence electrons. The molecule has 0 radical (unpaired) electrons. The molecule has 3 N–H and O–H groups in total. The largest absolute Gasteiger partial charge is 0.573 e. The Morgan fingerprint density at radius 1 is 1.11 bits per heavy atom. The lowest BCUT2D eigenvalue weighted by Gasteiger charge is -2.27. The van der Waals surface area contributed by atoms with Gasteiger partial charge in [0, 0.05) is 10.0 Å². The first kappa shape index (κ1) is 27.2. The lowest BCUT2D eigenvalue weighted by molar-refractivity contribution is -0.274. The molecule has 8 nitrogen and oxygen atoms in total. The molecule has 2 aromatic rings. The van der Waals surface area contributed by atoms with Gasteiger partial charge in [-0.2, -0.15) is 0 Å². The molecule has 1 heterocycles. The number of hydrogen-bond acceptors (Lipinski definition) is 6. The molecule has 1 saturated heterocycles. The maximum atomic E-state index is 13.1. The molecule has 0 spiro atoms. The van der Waals surface area contributed by atoms with Gasteiger partial charge in [-0.15, -0.1) is 13.2 Å². The van der Waals surface area contributed by atoms with Crippen molar-refractivity contribution in [2.75, 3.05) is 6.54 Å². The quantitative estimate of drug-likeness (QED) is 0.401. The number of ketones is 1. The zero-order valence-corrected chi connectivity index (χ0v) is 20.0. The number of carboxylic acids is 1. The van der Waals surface area contributed by atoms with E-state index < -0.39 is 56.8 Å². The van der Waals surface area contributed by atoms with Crippen LogP contribution in [0, 0.1) is 5.92 Å². The summed E-state index contributed by atoms with van der Waals surface area (Å²) in [6.07, 6.45) is -4.00. The zero-order valence-electron chi connectivity index (χ0n) is 17.7. The van der Waals surface area contributed by atoms with Crippen molar-refractivity contribution in [2.24, 2.45) is 5.92 Å². The van der Waals surface area contributed by atoms with Crippen molar-refractivity contribution < 1.29 is 41.0 Å². The van der Waals surface area contributed by atoms with Gasteiger partial charge in [-0.1, -0.05) is 35.3 Å². The van der Waals surface area contributed by atoms with Gasteiger partial charge in [0.2, 0.25) is 10.0 Å². The Bertz CT molecular complexity index is 1180. The molecule has 0 aliphatic carbocycles. The molecule has 3 rings (SSSR count). The highest BCUT2D eigenvalue weighted by molar-refractivity contribution is 7.89. The van der Waals surface area contributed by atoms with E-state index in [2.05, 4.69) is 14.8 Å². The monoisotopic (exact) mass is 554 g/mol. The predicted octanol–water partition coefficient (Wildman–Crippen LogP) is 3.93. The summed E-state index contributed by atoms with van der Waals surface area (Å²) in [6, 6.07) is 4.80. The van der Waals surface area contributed by atoms with E-state index in [0.717, 1.165) is 36.4 Å². The molecule has 1 aliphatic heterocycles. The molecule has 14 heteroatoms. The Morgan fingerprint density at radius 3 is 2.20 bits per heavy atom. The number of carbonyl (C=O) groups is 2. The molecule has 0 unspecified atom stereocenters. The van der Waals surface area contributed by atoms with E-state index >= 15 is 0 Å². The summed E-state index contributed by atoms with van der Waals surface area (Å²) >= 11 is 11.8. The van der Waals surface area contributed by atoms with Gasteiger partial charge in [-0.05, 0) is 55.3 Å². The fourth-order valence-electron chi connectivity index (χ4n) is 3.70. The van der Waals surface area contributed by atoms with Crippen LogP contribution in [0.15, 0.2) is 47.4 Å². The number of Topliss-reactive ketones (excluding diaryl/α,β-unsaturated/α-hetero) is 1. The fraction of sp³-hybridized carbons (Fsp3) is 0.333. The van der Waals surface area contributed by atoms with Crippen LogP contribution < -0.4 is 14.8 Å². The van der Waals surface area contributed by atoms with Crippen molar-refractivity contribution in [3.8, 4) is 5.75 Å². The lowest BCUT2D eigenvalue weighted by atomic mass is 9.86. The van der Waals surface area contributed by atoms with Crippen molar-refractivity contribution in [1.82, 2.24) is 10.0 Å². The summed E-state index contributed by atoms with van der Waals surface area (Å²) in [5.74, 6) is -4.90. The van der Waals surface area contributed by atoms with Crippen LogP contribution in [0.5, 0.6) is 5.75 Å². The minimum atomic E-state index is -4.97. The Balaban J connectivity index is 2.05. The van der Waals surface area contributed by atoms with Gasteiger partial charge in [0.05, 0.1) is 17.0 Å². The highest BCUT2D eigenvalue weighted by atomic mass is 35.5. The normalized spacial score (nSPS) is 18.1. The first-order valence-electron chi connectivity index (χ1n) is 10.1. The number of carbonyl (C=O) groups excluding carboxylic acids is 1. The van der Waals surface area contributed by atoms with E-state index in [9.17, 15) is 36.3 Å². The number of rotatable bonds is 9. The number of nitrogens with one attached hydrogen (secondary N) is 2. The van der Waals surface area contributed by atoms with Gasteiger partial charge in [-0.3, -0.25) is 9.59 Å². The molecule has 1 fully saturated rings. The van der Waals surface area contributed by atoms with Crippen LogP contribution in [0.25, 0.3) is 0 Å². The second-order valence-electron chi connectivity index (χ2n) is 7.69. The molecule has 1 aliphatic rings. The third kappa shape index (κ3) is 7.07. The van der Waals surface area contributed by atoms with Crippen molar-refractivity contribution in [2.45, 2.75) is 36.2 Å². The van der Waals surface area contributed by atoms with Crippen LogP contribution in [-0.2, 0) is 19.6 Å². The van der Waals surface area contributed by atoms with Crippen LogP contribution in [-0.4, -0.2) is 44.2 Å². The van der Waals surface area contributed by atoms with Crippen LogP contribution >= 0.6 is 23.2 Å². The second kappa shape index (κ2) is 10.7. The van der Waals surface area contributed by atoms with Crippen molar-refractivity contribution in [3.05, 3.63) is 58.1 Å². The first-order valence-corrected chi connectivity index (χ1v) is 12.3. The smallest absolute Gasteiger partial charge is 0.481 e. The SMILES string of the molecule is O=C(O)[C@H](C(=O)[C@@H]1CCCN1)[C@@H](NS(=O)(=O)c1cc(Cl)cc(Cl)c1)c1ccc(OC(F)(F)F)cc1. The Kier molecular flexibility index (Phi) is 8.32. The maximum absolute atomic E-state index is 13.1. The van der Waals surface area contributed by atoms with Crippen LogP contribution in [0.2, 0.25) is 10.0 Å². The van der Waals surface area contributed by atoms with Crippen molar-refractivity contribution >= 4 is 45.0 Å². The van der Waals surface area contributed by atoms with Gasteiger partial charge < -0.3 is 15.2 Å². The van der Waals surface area contributed by atoms with Gasteiger partial charge in [0.1, 0.15) is 11.7 Å². The van der Waals surface area contributed by atoms with Crippen molar-refractivity contribution in [3.63, 3.8) is 0 Å². The molecule has 0 saturated carbocycles. The van der Waals surface area contributed by atoms with Gasteiger partial charge in [0.25, 0.3) is 0 Å². The fourth-order valence-corrected chi connectivity index (χ4v) is 5.66. The number of ether oxygens (including phenoxy) is 1. The minimum absolute atomic E-state index is 0.0101. The molecule has 0 aromatic heterocycles. The molecular formula is C21H19Cl2F3N2O6S. The van der Waals surface area contributed by atoms with Gasteiger partial charge in [-0.25, -0.2) is 13.1 Å². The molecular weight excluding hydrogens is 536 g/mol. The lowest BCUT2D eigenvalue weighted by Crippen LogP contribution is -2.46. The van der Waals surface area contributed by atoms with Crippen LogP contribution in [0.4, 0.5) is 13.2 Å². The van der Waals surface area contributed by atoms with E-state index in [4.69, 9.17) is 23.2 Å².